The number of rotatable bonds is 3. The van der Waals surface area contributed by atoms with E-state index in [0.29, 0.717) is 5.13 Å². The fourth-order valence-electron chi connectivity index (χ4n) is 1.53. The van der Waals surface area contributed by atoms with Gasteiger partial charge in [0.1, 0.15) is 0 Å². The van der Waals surface area contributed by atoms with E-state index in [9.17, 15) is 4.79 Å². The SMILES string of the molecule is Cc1sc(NC(=O)[C@H](C)N)nc1-c1ccccc1. The Labute approximate surface area is 110 Å². The maximum absolute atomic E-state index is 11.5. The summed E-state index contributed by atoms with van der Waals surface area (Å²) < 4.78 is 0. The number of amides is 1. The summed E-state index contributed by atoms with van der Waals surface area (Å²) >= 11 is 1.46. The van der Waals surface area contributed by atoms with Crippen LogP contribution in [0.1, 0.15) is 11.8 Å². The lowest BCUT2D eigenvalue weighted by atomic mass is 10.1. The Balaban J connectivity index is 2.25. The molecule has 0 unspecified atom stereocenters. The summed E-state index contributed by atoms with van der Waals surface area (Å²) in [4.78, 5) is 17.0. The molecule has 1 aromatic heterocycles. The number of nitrogens with one attached hydrogen (secondary N) is 1. The minimum Gasteiger partial charge on any atom is -0.320 e. The van der Waals surface area contributed by atoms with Crippen LogP contribution in [0.2, 0.25) is 0 Å². The number of aryl methyl sites for hydroxylation is 1. The van der Waals surface area contributed by atoms with Crippen molar-refractivity contribution in [3.05, 3.63) is 35.2 Å². The van der Waals surface area contributed by atoms with E-state index < -0.39 is 6.04 Å². The molecule has 0 saturated carbocycles. The Kier molecular flexibility index (Phi) is 3.74. The Morgan fingerprint density at radius 2 is 2.06 bits per heavy atom. The maximum atomic E-state index is 11.5. The average molecular weight is 261 g/mol. The van der Waals surface area contributed by atoms with Crippen molar-refractivity contribution in [2.45, 2.75) is 19.9 Å². The number of hydrogen-bond donors (Lipinski definition) is 2. The number of aromatic nitrogens is 1. The van der Waals surface area contributed by atoms with E-state index in [4.69, 9.17) is 5.73 Å². The number of carbonyl (C=O) groups excluding carboxylic acids is 1. The molecule has 2 aromatic rings. The van der Waals surface area contributed by atoms with Gasteiger partial charge in [-0.2, -0.15) is 0 Å². The van der Waals surface area contributed by atoms with Crippen molar-refractivity contribution in [3.8, 4) is 11.3 Å². The predicted octanol–water partition coefficient (Wildman–Crippen LogP) is 2.40. The smallest absolute Gasteiger partial charge is 0.242 e. The van der Waals surface area contributed by atoms with Crippen LogP contribution in [0.5, 0.6) is 0 Å². The monoisotopic (exact) mass is 261 g/mol. The first-order valence-corrected chi connectivity index (χ1v) is 6.49. The molecule has 0 fully saturated rings. The van der Waals surface area contributed by atoms with Crippen LogP contribution >= 0.6 is 11.3 Å². The molecule has 4 nitrogen and oxygen atoms in total. The molecule has 5 heteroatoms. The number of nitrogens with zero attached hydrogens (tertiary/aromatic N) is 1. The highest BCUT2D eigenvalue weighted by Crippen LogP contribution is 2.30. The maximum Gasteiger partial charge on any atom is 0.242 e. The van der Waals surface area contributed by atoms with E-state index in [-0.39, 0.29) is 5.91 Å². The van der Waals surface area contributed by atoms with Gasteiger partial charge in [-0.25, -0.2) is 4.98 Å². The number of benzene rings is 1. The summed E-state index contributed by atoms with van der Waals surface area (Å²) in [5, 5.41) is 3.31. The van der Waals surface area contributed by atoms with Gasteiger partial charge in [-0.05, 0) is 13.8 Å². The van der Waals surface area contributed by atoms with Crippen LogP contribution in [0.15, 0.2) is 30.3 Å². The van der Waals surface area contributed by atoms with E-state index in [1.807, 2.05) is 37.3 Å². The Morgan fingerprint density at radius 1 is 1.39 bits per heavy atom. The summed E-state index contributed by atoms with van der Waals surface area (Å²) in [6, 6.07) is 9.36. The average Bonchev–Trinajstić information content (AvgIpc) is 2.71. The molecule has 0 saturated heterocycles. The first-order chi connectivity index (χ1) is 8.58. The number of hydrogen-bond acceptors (Lipinski definition) is 4. The first-order valence-electron chi connectivity index (χ1n) is 5.67. The number of thiazole rings is 1. The van der Waals surface area contributed by atoms with Gasteiger partial charge in [-0.1, -0.05) is 30.3 Å². The molecule has 0 radical (unpaired) electrons. The molecule has 1 heterocycles. The topological polar surface area (TPSA) is 68.0 Å². The summed E-state index contributed by atoms with van der Waals surface area (Å²) in [7, 11) is 0. The van der Waals surface area contributed by atoms with Gasteiger partial charge in [-0.15, -0.1) is 11.3 Å². The van der Waals surface area contributed by atoms with Crippen LogP contribution in [0.3, 0.4) is 0 Å². The lowest BCUT2D eigenvalue weighted by Crippen LogP contribution is -2.32. The van der Waals surface area contributed by atoms with Gasteiger partial charge in [0, 0.05) is 10.4 Å². The third kappa shape index (κ3) is 2.75. The third-order valence-corrected chi connectivity index (χ3v) is 3.37. The van der Waals surface area contributed by atoms with Crippen molar-refractivity contribution < 1.29 is 4.79 Å². The highest BCUT2D eigenvalue weighted by molar-refractivity contribution is 7.16. The highest BCUT2D eigenvalue weighted by Gasteiger charge is 2.13. The minimum absolute atomic E-state index is 0.219. The highest BCUT2D eigenvalue weighted by atomic mass is 32.1. The van der Waals surface area contributed by atoms with E-state index in [1.54, 1.807) is 6.92 Å². The van der Waals surface area contributed by atoms with E-state index in [2.05, 4.69) is 10.3 Å². The second kappa shape index (κ2) is 5.29. The van der Waals surface area contributed by atoms with Gasteiger partial charge < -0.3 is 11.1 Å². The molecule has 0 bridgehead atoms. The summed E-state index contributed by atoms with van der Waals surface area (Å²) in [6.45, 7) is 3.63. The van der Waals surface area contributed by atoms with Crippen molar-refractivity contribution in [3.63, 3.8) is 0 Å². The molecule has 94 valence electrons. The van der Waals surface area contributed by atoms with Crippen molar-refractivity contribution >= 4 is 22.4 Å². The molecule has 0 aliphatic heterocycles. The van der Waals surface area contributed by atoms with Crippen molar-refractivity contribution in [1.29, 1.82) is 0 Å². The van der Waals surface area contributed by atoms with E-state index in [0.717, 1.165) is 16.1 Å². The van der Waals surface area contributed by atoms with Gasteiger partial charge in [0.2, 0.25) is 5.91 Å². The zero-order chi connectivity index (χ0) is 13.1. The summed E-state index contributed by atoms with van der Waals surface area (Å²) in [6.07, 6.45) is 0. The van der Waals surface area contributed by atoms with Crippen LogP contribution in [-0.2, 0) is 4.79 Å². The molecule has 2 rings (SSSR count). The Hall–Kier alpha value is -1.72. The molecule has 0 aliphatic rings. The zero-order valence-corrected chi connectivity index (χ0v) is 11.1. The van der Waals surface area contributed by atoms with Crippen LogP contribution in [0.25, 0.3) is 11.3 Å². The van der Waals surface area contributed by atoms with Gasteiger partial charge in [-0.3, -0.25) is 4.79 Å². The quantitative estimate of drug-likeness (QED) is 0.891. The molecule has 0 spiro atoms. The molecular weight excluding hydrogens is 246 g/mol. The van der Waals surface area contributed by atoms with Crippen molar-refractivity contribution in [2.24, 2.45) is 5.73 Å². The second-order valence-electron chi connectivity index (χ2n) is 4.07. The molecule has 1 amide bonds. The van der Waals surface area contributed by atoms with Gasteiger partial charge in [0.15, 0.2) is 5.13 Å². The lowest BCUT2D eigenvalue weighted by Gasteiger charge is -2.03. The standard InChI is InChI=1S/C13H15N3OS/c1-8(14)12(17)16-13-15-11(9(2)18-13)10-6-4-3-5-7-10/h3-8H,14H2,1-2H3,(H,15,16,17)/t8-/m0/s1. The number of anilines is 1. The van der Waals surface area contributed by atoms with Gasteiger partial charge >= 0.3 is 0 Å². The predicted molar refractivity (Wildman–Crippen MR) is 74.6 cm³/mol. The first kappa shape index (κ1) is 12.7. The van der Waals surface area contributed by atoms with Crippen LogP contribution in [0.4, 0.5) is 5.13 Å². The summed E-state index contributed by atoms with van der Waals surface area (Å²) in [5.74, 6) is -0.219. The third-order valence-electron chi connectivity index (χ3n) is 2.49. The fraction of sp³-hybridized carbons (Fsp3) is 0.231. The van der Waals surface area contributed by atoms with Gasteiger partial charge in [0.05, 0.1) is 11.7 Å². The zero-order valence-electron chi connectivity index (χ0n) is 10.3. The normalized spacial score (nSPS) is 12.2. The van der Waals surface area contributed by atoms with E-state index in [1.165, 1.54) is 11.3 Å². The van der Waals surface area contributed by atoms with Gasteiger partial charge in [0.25, 0.3) is 0 Å². The Bertz CT molecular complexity index is 549. The summed E-state index contributed by atoms with van der Waals surface area (Å²) in [5.41, 5.74) is 7.46. The molecular formula is C13H15N3OS. The largest absolute Gasteiger partial charge is 0.320 e. The van der Waals surface area contributed by atoms with Crippen molar-refractivity contribution in [1.82, 2.24) is 4.98 Å². The fourth-order valence-corrected chi connectivity index (χ4v) is 2.37. The second-order valence-corrected chi connectivity index (χ2v) is 5.27. The van der Waals surface area contributed by atoms with Crippen molar-refractivity contribution in [2.75, 3.05) is 5.32 Å². The number of carbonyl (C=O) groups is 1. The Morgan fingerprint density at radius 3 is 2.67 bits per heavy atom. The molecule has 18 heavy (non-hydrogen) atoms. The molecule has 0 aliphatic carbocycles. The molecule has 1 aromatic carbocycles. The van der Waals surface area contributed by atoms with Crippen LogP contribution in [0, 0.1) is 6.92 Å². The van der Waals surface area contributed by atoms with E-state index >= 15 is 0 Å². The number of nitrogens with two attached hydrogens (primary N) is 1. The molecule has 1 atom stereocenters. The van der Waals surface area contributed by atoms with Crippen LogP contribution in [-0.4, -0.2) is 16.9 Å². The molecule has 3 N–H and O–H groups in total. The minimum atomic E-state index is -0.533. The van der Waals surface area contributed by atoms with Crippen LogP contribution < -0.4 is 11.1 Å². The lowest BCUT2D eigenvalue weighted by molar-refractivity contribution is -0.117.